The first-order valence-corrected chi connectivity index (χ1v) is 9.70. The standard InChI is InChI=1S/C22H28FN3O3/c1-25(14-16-7-8-21(29-3)20(23)11-16)22(27)24-13-17-9-10-26(15-17)18-5-4-6-19(12-18)28-2/h4-8,11-12,17H,9-10,13-15H2,1-3H3,(H,24,27). The largest absolute Gasteiger partial charge is 0.497 e. The van der Waals surface area contributed by atoms with Crippen LogP contribution in [-0.4, -0.2) is 51.8 Å². The molecule has 1 fully saturated rings. The molecule has 6 nitrogen and oxygen atoms in total. The molecule has 2 aromatic rings. The Hall–Kier alpha value is -2.96. The van der Waals surface area contributed by atoms with Crippen LogP contribution in [0.1, 0.15) is 12.0 Å². The van der Waals surface area contributed by atoms with E-state index in [0.717, 1.165) is 30.9 Å². The summed E-state index contributed by atoms with van der Waals surface area (Å²) in [6.45, 7) is 2.78. The maximum atomic E-state index is 13.8. The molecule has 7 heteroatoms. The van der Waals surface area contributed by atoms with Gasteiger partial charge in [0.1, 0.15) is 5.75 Å². The zero-order chi connectivity index (χ0) is 20.8. The number of urea groups is 1. The molecule has 2 aromatic carbocycles. The van der Waals surface area contributed by atoms with E-state index in [1.54, 1.807) is 31.2 Å². The van der Waals surface area contributed by atoms with Crippen molar-refractivity contribution in [2.24, 2.45) is 5.92 Å². The molecule has 0 aromatic heterocycles. The highest BCUT2D eigenvalue weighted by Gasteiger charge is 2.24. The van der Waals surface area contributed by atoms with Crippen LogP contribution in [0.5, 0.6) is 11.5 Å². The molecule has 1 saturated heterocycles. The second-order valence-electron chi connectivity index (χ2n) is 7.31. The number of carbonyl (C=O) groups is 1. The number of nitrogens with one attached hydrogen (secondary N) is 1. The predicted molar refractivity (Wildman–Crippen MR) is 111 cm³/mol. The van der Waals surface area contributed by atoms with E-state index in [-0.39, 0.29) is 11.8 Å². The fourth-order valence-corrected chi connectivity index (χ4v) is 3.56. The van der Waals surface area contributed by atoms with Crippen molar-refractivity contribution in [2.75, 3.05) is 45.8 Å². The minimum absolute atomic E-state index is 0.166. The van der Waals surface area contributed by atoms with E-state index in [9.17, 15) is 9.18 Å². The van der Waals surface area contributed by atoms with Crippen LogP contribution in [0.25, 0.3) is 0 Å². The van der Waals surface area contributed by atoms with E-state index >= 15 is 0 Å². The lowest BCUT2D eigenvalue weighted by molar-refractivity contribution is 0.205. The zero-order valence-corrected chi connectivity index (χ0v) is 17.2. The maximum Gasteiger partial charge on any atom is 0.317 e. The molecule has 2 amide bonds. The van der Waals surface area contributed by atoms with Crippen molar-refractivity contribution in [3.8, 4) is 11.5 Å². The van der Waals surface area contributed by atoms with Crippen molar-refractivity contribution in [1.29, 1.82) is 0 Å². The average Bonchev–Trinajstić information content (AvgIpc) is 3.21. The molecule has 0 radical (unpaired) electrons. The van der Waals surface area contributed by atoms with Crippen molar-refractivity contribution in [3.05, 3.63) is 53.8 Å². The summed E-state index contributed by atoms with van der Waals surface area (Å²) in [5.41, 5.74) is 1.85. The van der Waals surface area contributed by atoms with Crippen LogP contribution in [-0.2, 0) is 6.54 Å². The number of hydrogen-bond donors (Lipinski definition) is 1. The maximum absolute atomic E-state index is 13.8. The van der Waals surface area contributed by atoms with Gasteiger partial charge in [0, 0.05) is 45.0 Å². The molecule has 1 heterocycles. The summed E-state index contributed by atoms with van der Waals surface area (Å²) in [6, 6.07) is 12.6. The van der Waals surface area contributed by atoms with Crippen LogP contribution in [0.15, 0.2) is 42.5 Å². The minimum atomic E-state index is -0.428. The number of rotatable bonds is 7. The second-order valence-corrected chi connectivity index (χ2v) is 7.31. The first kappa shape index (κ1) is 20.8. The Morgan fingerprint density at radius 2 is 2.07 bits per heavy atom. The fourth-order valence-electron chi connectivity index (χ4n) is 3.56. The zero-order valence-electron chi connectivity index (χ0n) is 17.2. The smallest absolute Gasteiger partial charge is 0.317 e. The molecule has 0 spiro atoms. The van der Waals surface area contributed by atoms with Gasteiger partial charge in [0.05, 0.1) is 14.2 Å². The number of carbonyl (C=O) groups excluding carboxylic acids is 1. The molecule has 0 saturated carbocycles. The predicted octanol–water partition coefficient (Wildman–Crippen LogP) is 3.51. The van der Waals surface area contributed by atoms with Crippen LogP contribution < -0.4 is 19.7 Å². The Labute approximate surface area is 171 Å². The van der Waals surface area contributed by atoms with Gasteiger partial charge in [-0.1, -0.05) is 12.1 Å². The van der Waals surface area contributed by atoms with Gasteiger partial charge in [-0.3, -0.25) is 0 Å². The van der Waals surface area contributed by atoms with Gasteiger partial charge in [-0.05, 0) is 42.2 Å². The van der Waals surface area contributed by atoms with Crippen LogP contribution in [0.2, 0.25) is 0 Å². The van der Waals surface area contributed by atoms with Crippen molar-refractivity contribution in [2.45, 2.75) is 13.0 Å². The third kappa shape index (κ3) is 5.31. The molecule has 0 aliphatic carbocycles. The average molecular weight is 401 g/mol. The molecule has 1 unspecified atom stereocenters. The summed E-state index contributed by atoms with van der Waals surface area (Å²) in [5.74, 6) is 0.998. The molecule has 1 N–H and O–H groups in total. The fraction of sp³-hybridized carbons (Fsp3) is 0.409. The van der Waals surface area contributed by atoms with Gasteiger partial charge in [0.2, 0.25) is 0 Å². The summed E-state index contributed by atoms with van der Waals surface area (Å²) in [6.07, 6.45) is 1.02. The Morgan fingerprint density at radius 1 is 1.24 bits per heavy atom. The monoisotopic (exact) mass is 401 g/mol. The van der Waals surface area contributed by atoms with E-state index in [2.05, 4.69) is 16.3 Å². The first-order valence-electron chi connectivity index (χ1n) is 9.70. The third-order valence-electron chi connectivity index (χ3n) is 5.23. The lowest BCUT2D eigenvalue weighted by Gasteiger charge is -2.21. The summed E-state index contributed by atoms with van der Waals surface area (Å²) < 4.78 is 24.0. The number of hydrogen-bond acceptors (Lipinski definition) is 4. The summed E-state index contributed by atoms with van der Waals surface area (Å²) in [5, 5.41) is 2.99. The number of methoxy groups -OCH3 is 2. The number of nitrogens with zero attached hydrogens (tertiary/aromatic N) is 2. The van der Waals surface area contributed by atoms with E-state index in [1.807, 2.05) is 18.2 Å². The molecule has 29 heavy (non-hydrogen) atoms. The SMILES string of the molecule is COc1cccc(N2CCC(CNC(=O)N(C)Cc3ccc(OC)c(F)c3)C2)c1. The number of halogens is 1. The number of benzene rings is 2. The van der Waals surface area contributed by atoms with Gasteiger partial charge in [0.15, 0.2) is 11.6 Å². The molecular formula is C22H28FN3O3. The Kier molecular flexibility index (Phi) is 6.80. The highest BCUT2D eigenvalue weighted by Crippen LogP contribution is 2.26. The van der Waals surface area contributed by atoms with E-state index < -0.39 is 5.82 Å². The van der Waals surface area contributed by atoms with Crippen LogP contribution >= 0.6 is 0 Å². The Bertz CT molecular complexity index is 846. The minimum Gasteiger partial charge on any atom is -0.497 e. The van der Waals surface area contributed by atoms with Crippen molar-refractivity contribution >= 4 is 11.7 Å². The van der Waals surface area contributed by atoms with Crippen molar-refractivity contribution < 1.29 is 18.7 Å². The molecule has 1 atom stereocenters. The van der Waals surface area contributed by atoms with Gasteiger partial charge in [-0.15, -0.1) is 0 Å². The molecule has 1 aliphatic rings. The lowest BCUT2D eigenvalue weighted by atomic mass is 10.1. The van der Waals surface area contributed by atoms with Gasteiger partial charge in [-0.2, -0.15) is 0 Å². The Morgan fingerprint density at radius 3 is 2.79 bits per heavy atom. The third-order valence-corrected chi connectivity index (χ3v) is 5.23. The van der Waals surface area contributed by atoms with E-state index in [1.165, 1.54) is 13.2 Å². The molecular weight excluding hydrogens is 373 g/mol. The summed E-state index contributed by atoms with van der Waals surface area (Å²) >= 11 is 0. The number of amides is 2. The van der Waals surface area contributed by atoms with Crippen LogP contribution in [0.4, 0.5) is 14.9 Å². The first-order chi connectivity index (χ1) is 14.0. The summed E-state index contributed by atoms with van der Waals surface area (Å²) in [7, 11) is 4.79. The van der Waals surface area contributed by atoms with Crippen LogP contribution in [0.3, 0.4) is 0 Å². The second kappa shape index (κ2) is 9.49. The molecule has 3 rings (SSSR count). The quantitative estimate of drug-likeness (QED) is 0.772. The van der Waals surface area contributed by atoms with E-state index in [0.29, 0.717) is 24.6 Å². The van der Waals surface area contributed by atoms with Gasteiger partial charge in [-0.25, -0.2) is 9.18 Å². The number of anilines is 1. The van der Waals surface area contributed by atoms with Crippen molar-refractivity contribution in [1.82, 2.24) is 10.2 Å². The summed E-state index contributed by atoms with van der Waals surface area (Å²) in [4.78, 5) is 16.3. The molecule has 0 bridgehead atoms. The van der Waals surface area contributed by atoms with Gasteiger partial charge < -0.3 is 24.6 Å². The molecule has 1 aliphatic heterocycles. The molecule has 156 valence electrons. The van der Waals surface area contributed by atoms with Crippen LogP contribution in [0, 0.1) is 11.7 Å². The lowest BCUT2D eigenvalue weighted by Crippen LogP contribution is -2.39. The Balaban J connectivity index is 1.47. The number of ether oxygens (including phenoxy) is 2. The highest BCUT2D eigenvalue weighted by molar-refractivity contribution is 5.73. The van der Waals surface area contributed by atoms with Crippen molar-refractivity contribution in [3.63, 3.8) is 0 Å². The normalized spacial score (nSPS) is 15.9. The highest BCUT2D eigenvalue weighted by atomic mass is 19.1. The van der Waals surface area contributed by atoms with Gasteiger partial charge >= 0.3 is 6.03 Å². The topological polar surface area (TPSA) is 54.0 Å². The van der Waals surface area contributed by atoms with E-state index in [4.69, 9.17) is 9.47 Å². The van der Waals surface area contributed by atoms with Gasteiger partial charge in [0.25, 0.3) is 0 Å².